The van der Waals surface area contributed by atoms with Gasteiger partial charge >= 0.3 is 5.97 Å². The minimum Gasteiger partial charge on any atom is -0.465 e. The van der Waals surface area contributed by atoms with Crippen molar-refractivity contribution in [2.45, 2.75) is 6.54 Å². The maximum atomic E-state index is 13.8. The largest absolute Gasteiger partial charge is 0.465 e. The number of nitrogens with zero attached hydrogens (tertiary/aromatic N) is 2. The number of rotatable bonds is 5. The van der Waals surface area contributed by atoms with Crippen LogP contribution in [0.2, 0.25) is 0 Å². The van der Waals surface area contributed by atoms with Crippen molar-refractivity contribution in [2.24, 2.45) is 0 Å². The lowest BCUT2D eigenvalue weighted by Crippen LogP contribution is -2.13. The van der Waals surface area contributed by atoms with Crippen molar-refractivity contribution in [1.82, 2.24) is 9.78 Å². The number of benzene rings is 2. The molecule has 3 rings (SSSR count). The van der Waals surface area contributed by atoms with E-state index in [9.17, 15) is 14.0 Å². The van der Waals surface area contributed by atoms with Gasteiger partial charge in [-0.3, -0.25) is 9.48 Å². The summed E-state index contributed by atoms with van der Waals surface area (Å²) in [5, 5.41) is 6.95. The first-order valence-corrected chi connectivity index (χ1v) is 8.73. The summed E-state index contributed by atoms with van der Waals surface area (Å²) in [6, 6.07) is 12.5. The number of hydrogen-bond donors (Lipinski definition) is 1. The zero-order valence-corrected chi connectivity index (χ0v) is 15.9. The Balaban J connectivity index is 1.72. The van der Waals surface area contributed by atoms with Crippen LogP contribution in [0.3, 0.4) is 0 Å². The molecule has 0 fully saturated rings. The van der Waals surface area contributed by atoms with E-state index in [4.69, 9.17) is 0 Å². The Morgan fingerprint density at radius 1 is 1.15 bits per heavy atom. The van der Waals surface area contributed by atoms with Crippen molar-refractivity contribution in [2.75, 3.05) is 12.4 Å². The number of ether oxygens (including phenoxy) is 1. The third kappa shape index (κ3) is 4.40. The Kier molecular flexibility index (Phi) is 5.66. The van der Waals surface area contributed by atoms with E-state index in [0.717, 1.165) is 0 Å². The lowest BCUT2D eigenvalue weighted by molar-refractivity contribution is 0.0600. The molecule has 0 bridgehead atoms. The van der Waals surface area contributed by atoms with Gasteiger partial charge in [0.15, 0.2) is 5.82 Å². The van der Waals surface area contributed by atoms with Crippen molar-refractivity contribution in [3.05, 3.63) is 81.7 Å². The Morgan fingerprint density at radius 2 is 1.81 bits per heavy atom. The summed E-state index contributed by atoms with van der Waals surface area (Å²) in [6.45, 7) is 0.231. The van der Waals surface area contributed by atoms with Crippen LogP contribution in [0, 0.1) is 5.82 Å². The number of methoxy groups -OCH3 is 1. The van der Waals surface area contributed by atoms with Crippen LogP contribution in [0.15, 0.2) is 59.2 Å². The highest BCUT2D eigenvalue weighted by Crippen LogP contribution is 2.22. The predicted octanol–water partition coefficient (Wildman–Crippen LogP) is 3.87. The fourth-order valence-electron chi connectivity index (χ4n) is 2.42. The second kappa shape index (κ2) is 8.13. The molecule has 1 N–H and O–H groups in total. The molecule has 6 nitrogen and oxygen atoms in total. The third-order valence-corrected chi connectivity index (χ3v) is 4.39. The number of carbonyl (C=O) groups excluding carboxylic acids is 2. The van der Waals surface area contributed by atoms with Crippen molar-refractivity contribution in [1.29, 1.82) is 0 Å². The van der Waals surface area contributed by atoms with Gasteiger partial charge in [0.05, 0.1) is 23.7 Å². The maximum Gasteiger partial charge on any atom is 0.337 e. The zero-order valence-electron chi connectivity index (χ0n) is 14.3. The van der Waals surface area contributed by atoms with Crippen LogP contribution in [-0.2, 0) is 11.3 Å². The zero-order chi connectivity index (χ0) is 19.4. The van der Waals surface area contributed by atoms with Gasteiger partial charge in [-0.2, -0.15) is 5.10 Å². The quantitative estimate of drug-likeness (QED) is 0.622. The molecule has 0 aliphatic rings. The second-order valence-electron chi connectivity index (χ2n) is 5.64. The summed E-state index contributed by atoms with van der Waals surface area (Å²) in [5.41, 5.74) is 1.20. The van der Waals surface area contributed by atoms with E-state index >= 15 is 0 Å². The Morgan fingerprint density at radius 3 is 2.48 bits per heavy atom. The van der Waals surface area contributed by atoms with Gasteiger partial charge in [-0.25, -0.2) is 9.18 Å². The molecule has 1 aromatic heterocycles. The number of anilines is 1. The molecule has 138 valence electrons. The van der Waals surface area contributed by atoms with Crippen LogP contribution >= 0.6 is 15.9 Å². The van der Waals surface area contributed by atoms with Gasteiger partial charge in [-0.1, -0.05) is 18.2 Å². The lowest BCUT2D eigenvalue weighted by atomic mass is 10.1. The first-order chi connectivity index (χ1) is 13.0. The normalized spacial score (nSPS) is 10.5. The summed E-state index contributed by atoms with van der Waals surface area (Å²) < 4.78 is 20.5. The average Bonchev–Trinajstić information content (AvgIpc) is 3.02. The summed E-state index contributed by atoms with van der Waals surface area (Å²) in [5.74, 6) is -0.867. The van der Waals surface area contributed by atoms with Gasteiger partial charge in [-0.15, -0.1) is 0 Å². The molecule has 0 saturated heterocycles. The molecule has 0 spiro atoms. The van der Waals surface area contributed by atoms with E-state index in [1.807, 2.05) is 0 Å². The number of nitrogens with one attached hydrogen (secondary N) is 1. The summed E-state index contributed by atoms with van der Waals surface area (Å²) in [4.78, 5) is 23.8. The smallest absolute Gasteiger partial charge is 0.337 e. The van der Waals surface area contributed by atoms with E-state index in [0.29, 0.717) is 27.0 Å². The van der Waals surface area contributed by atoms with E-state index in [1.165, 1.54) is 42.1 Å². The van der Waals surface area contributed by atoms with E-state index in [-0.39, 0.29) is 18.3 Å². The van der Waals surface area contributed by atoms with Gasteiger partial charge in [0, 0.05) is 17.3 Å². The van der Waals surface area contributed by atoms with E-state index in [2.05, 4.69) is 31.1 Å². The number of aromatic nitrogens is 2. The Bertz CT molecular complexity index is 986. The summed E-state index contributed by atoms with van der Waals surface area (Å²) in [6.07, 6.45) is 1.66. The molecular formula is C19H15BrFN3O3. The lowest BCUT2D eigenvalue weighted by Gasteiger charge is -2.05. The topological polar surface area (TPSA) is 73.2 Å². The van der Waals surface area contributed by atoms with Crippen LogP contribution in [0.5, 0.6) is 0 Å². The molecule has 1 heterocycles. The predicted molar refractivity (Wildman–Crippen MR) is 101 cm³/mol. The van der Waals surface area contributed by atoms with Gasteiger partial charge in [0.2, 0.25) is 0 Å². The minimum absolute atomic E-state index is 0.231. The minimum atomic E-state index is -0.475. The highest BCUT2D eigenvalue weighted by Gasteiger charge is 2.14. The van der Waals surface area contributed by atoms with Crippen LogP contribution in [0.1, 0.15) is 26.3 Å². The van der Waals surface area contributed by atoms with Gasteiger partial charge in [0.1, 0.15) is 5.82 Å². The van der Waals surface area contributed by atoms with Gasteiger partial charge in [0.25, 0.3) is 5.91 Å². The molecule has 27 heavy (non-hydrogen) atoms. The molecule has 8 heteroatoms. The van der Waals surface area contributed by atoms with Crippen LogP contribution < -0.4 is 5.32 Å². The van der Waals surface area contributed by atoms with Crippen molar-refractivity contribution < 1.29 is 18.7 Å². The van der Waals surface area contributed by atoms with Crippen LogP contribution in [0.25, 0.3) is 0 Å². The summed E-state index contributed by atoms with van der Waals surface area (Å²) in [7, 11) is 1.29. The van der Waals surface area contributed by atoms with E-state index < -0.39 is 5.97 Å². The van der Waals surface area contributed by atoms with Gasteiger partial charge in [-0.05, 0) is 46.3 Å². The van der Waals surface area contributed by atoms with Gasteiger partial charge < -0.3 is 10.1 Å². The molecule has 2 aromatic carbocycles. The molecule has 0 unspecified atom stereocenters. The van der Waals surface area contributed by atoms with E-state index in [1.54, 1.807) is 24.4 Å². The molecule has 3 aromatic rings. The molecule has 0 aliphatic carbocycles. The molecule has 0 radical (unpaired) electrons. The summed E-state index contributed by atoms with van der Waals surface area (Å²) >= 11 is 3.34. The van der Waals surface area contributed by atoms with Crippen molar-refractivity contribution >= 4 is 33.6 Å². The third-order valence-electron chi connectivity index (χ3n) is 3.81. The molecule has 0 saturated carbocycles. The number of amides is 1. The first kappa shape index (κ1) is 18.8. The SMILES string of the molecule is COC(=O)c1ccc(C(=O)Nc2nn(Cc3ccccc3F)cc2Br)cc1. The fraction of sp³-hybridized carbons (Fsp3) is 0.105. The first-order valence-electron chi connectivity index (χ1n) is 7.94. The Hall–Kier alpha value is -3.00. The van der Waals surface area contributed by atoms with Crippen molar-refractivity contribution in [3.63, 3.8) is 0 Å². The standard InChI is InChI=1S/C19H15BrFN3O3/c1-27-19(26)13-8-6-12(7-9-13)18(25)22-17-15(20)11-24(23-17)10-14-4-2-3-5-16(14)21/h2-9,11H,10H2,1H3,(H,22,23,25). The van der Waals surface area contributed by atoms with Crippen molar-refractivity contribution in [3.8, 4) is 0 Å². The maximum absolute atomic E-state index is 13.8. The molecule has 0 aliphatic heterocycles. The number of carbonyl (C=O) groups is 2. The monoisotopic (exact) mass is 431 g/mol. The second-order valence-corrected chi connectivity index (χ2v) is 6.49. The number of esters is 1. The average molecular weight is 432 g/mol. The van der Waals surface area contributed by atoms with Crippen LogP contribution in [0.4, 0.5) is 10.2 Å². The molecule has 0 atom stereocenters. The Labute approximate surface area is 163 Å². The fourth-order valence-corrected chi connectivity index (χ4v) is 2.83. The molecular weight excluding hydrogens is 417 g/mol. The molecule has 1 amide bonds. The number of halogens is 2. The number of hydrogen-bond acceptors (Lipinski definition) is 4. The highest BCUT2D eigenvalue weighted by atomic mass is 79.9. The highest BCUT2D eigenvalue weighted by molar-refractivity contribution is 9.10. The van der Waals surface area contributed by atoms with Crippen LogP contribution in [-0.4, -0.2) is 28.8 Å².